The van der Waals surface area contributed by atoms with Gasteiger partial charge in [-0.1, -0.05) is 158 Å². The minimum atomic E-state index is 0.537. The molecule has 0 aliphatic rings. The average molecular weight is 806 g/mol. The number of para-hydroxylation sites is 3. The first kappa shape index (κ1) is 35.2. The fraction of sp³-hybridized carbons (Fsp3) is 0. The maximum atomic E-state index is 6.68. The smallest absolute Gasteiger partial charge is 0.238 e. The number of fused-ring (bicyclic) bond motifs is 10. The van der Waals surface area contributed by atoms with Crippen LogP contribution >= 0.6 is 0 Å². The summed E-state index contributed by atoms with van der Waals surface area (Å²) in [5.41, 5.74) is 13.3. The van der Waals surface area contributed by atoms with Crippen LogP contribution in [0.4, 0.5) is 0 Å². The maximum absolute atomic E-state index is 6.68. The second-order valence-electron chi connectivity index (χ2n) is 16.0. The summed E-state index contributed by atoms with van der Waals surface area (Å²) < 4.78 is 11.3. The van der Waals surface area contributed by atoms with Gasteiger partial charge in [0, 0.05) is 49.1 Å². The minimum absolute atomic E-state index is 0.537. The van der Waals surface area contributed by atoms with Gasteiger partial charge in [0.15, 0.2) is 11.6 Å². The highest BCUT2D eigenvalue weighted by Crippen LogP contribution is 2.42. The highest BCUT2D eigenvalue weighted by Gasteiger charge is 2.24. The third-order valence-electron chi connectivity index (χ3n) is 12.4. The van der Waals surface area contributed by atoms with E-state index in [1.807, 2.05) is 24.3 Å². The number of hydrogen-bond donors (Lipinski definition) is 0. The maximum Gasteiger partial charge on any atom is 0.238 e. The third kappa shape index (κ3) is 5.62. The van der Waals surface area contributed by atoms with Crippen LogP contribution in [0, 0.1) is 0 Å². The van der Waals surface area contributed by atoms with Crippen molar-refractivity contribution in [1.29, 1.82) is 0 Å². The van der Waals surface area contributed by atoms with E-state index in [-0.39, 0.29) is 0 Å². The molecule has 0 bridgehead atoms. The van der Waals surface area contributed by atoms with Crippen molar-refractivity contribution in [2.24, 2.45) is 0 Å². The molecule has 13 aromatic rings. The summed E-state index contributed by atoms with van der Waals surface area (Å²) in [5, 5.41) is 6.68. The number of furan rings is 1. The predicted molar refractivity (Wildman–Crippen MR) is 258 cm³/mol. The van der Waals surface area contributed by atoms with Gasteiger partial charge in [0.1, 0.15) is 11.2 Å². The molecule has 4 heterocycles. The third-order valence-corrected chi connectivity index (χ3v) is 12.4. The van der Waals surface area contributed by atoms with Gasteiger partial charge in [0.05, 0.1) is 22.1 Å². The standard InChI is InChI=1S/C57H35N5O/c1-4-15-36(16-5-1)38-19-14-20-39(33-38)40-27-29-45-46-30-28-41(35-52(46)63-51(45)34-40)56-58-55(37-17-6-2-7-18-37)59-57(60-56)62-50-26-13-11-24-44(50)48-32-31-47-43-23-10-12-25-49(43)61(53(47)54(48)62)42-21-8-3-9-22-42/h1-35H. The van der Waals surface area contributed by atoms with Crippen molar-refractivity contribution in [1.82, 2.24) is 24.1 Å². The van der Waals surface area contributed by atoms with E-state index >= 15 is 0 Å². The van der Waals surface area contributed by atoms with Crippen molar-refractivity contribution in [3.05, 3.63) is 212 Å². The fourth-order valence-corrected chi connectivity index (χ4v) is 9.47. The van der Waals surface area contributed by atoms with Crippen LogP contribution in [0.1, 0.15) is 0 Å². The Bertz CT molecular complexity index is 3900. The number of rotatable bonds is 6. The van der Waals surface area contributed by atoms with Crippen LogP contribution in [0.3, 0.4) is 0 Å². The van der Waals surface area contributed by atoms with Crippen LogP contribution in [0.2, 0.25) is 0 Å². The molecule has 4 aromatic heterocycles. The second kappa shape index (κ2) is 14.0. The number of benzene rings is 9. The normalized spacial score (nSPS) is 11.8. The Kier molecular flexibility index (Phi) is 7.80. The quantitative estimate of drug-likeness (QED) is 0.168. The van der Waals surface area contributed by atoms with Crippen LogP contribution in [-0.4, -0.2) is 24.1 Å². The molecule has 0 saturated heterocycles. The van der Waals surface area contributed by atoms with Gasteiger partial charge >= 0.3 is 0 Å². The van der Waals surface area contributed by atoms with Crippen LogP contribution in [-0.2, 0) is 0 Å². The molecule has 0 amide bonds. The van der Waals surface area contributed by atoms with Gasteiger partial charge in [-0.05, 0) is 76.9 Å². The highest BCUT2D eigenvalue weighted by molar-refractivity contribution is 6.23. The first-order valence-corrected chi connectivity index (χ1v) is 21.2. The molecule has 0 aliphatic carbocycles. The lowest BCUT2D eigenvalue weighted by Gasteiger charge is -2.13. The first-order chi connectivity index (χ1) is 31.2. The van der Waals surface area contributed by atoms with Gasteiger partial charge < -0.3 is 8.98 Å². The molecule has 6 heteroatoms. The second-order valence-corrected chi connectivity index (χ2v) is 16.0. The lowest BCUT2D eigenvalue weighted by Crippen LogP contribution is -2.07. The van der Waals surface area contributed by atoms with Crippen LogP contribution < -0.4 is 0 Å². The van der Waals surface area contributed by atoms with Gasteiger partial charge in [-0.2, -0.15) is 9.97 Å². The Morgan fingerprint density at radius 2 is 0.762 bits per heavy atom. The summed E-state index contributed by atoms with van der Waals surface area (Å²) >= 11 is 0. The molecule has 63 heavy (non-hydrogen) atoms. The zero-order valence-electron chi connectivity index (χ0n) is 33.9. The minimum Gasteiger partial charge on any atom is -0.456 e. The van der Waals surface area contributed by atoms with Gasteiger partial charge in [-0.15, -0.1) is 0 Å². The Hall–Kier alpha value is -8.61. The Morgan fingerprint density at radius 1 is 0.302 bits per heavy atom. The predicted octanol–water partition coefficient (Wildman–Crippen LogP) is 14.6. The van der Waals surface area contributed by atoms with Crippen LogP contribution in [0.15, 0.2) is 217 Å². The van der Waals surface area contributed by atoms with E-state index in [2.05, 4.69) is 197 Å². The number of aromatic nitrogens is 5. The zero-order valence-corrected chi connectivity index (χ0v) is 33.9. The van der Waals surface area contributed by atoms with E-state index in [1.165, 1.54) is 16.5 Å². The summed E-state index contributed by atoms with van der Waals surface area (Å²) in [5.74, 6) is 1.68. The van der Waals surface area contributed by atoms with Crippen LogP contribution in [0.25, 0.3) is 122 Å². The monoisotopic (exact) mass is 805 g/mol. The molecular formula is C57H35N5O. The van der Waals surface area contributed by atoms with Crippen molar-refractivity contribution in [2.75, 3.05) is 0 Å². The molecule has 0 atom stereocenters. The molecular weight excluding hydrogens is 771 g/mol. The summed E-state index contributed by atoms with van der Waals surface area (Å²) in [7, 11) is 0. The van der Waals surface area contributed by atoms with E-state index < -0.39 is 0 Å². The molecule has 6 nitrogen and oxygen atoms in total. The molecule has 0 aliphatic heterocycles. The molecule has 0 N–H and O–H groups in total. The molecule has 9 aromatic carbocycles. The fourth-order valence-electron chi connectivity index (χ4n) is 9.47. The van der Waals surface area contributed by atoms with Gasteiger partial charge in [0.25, 0.3) is 0 Å². The Balaban J connectivity index is 1.02. The average Bonchev–Trinajstić information content (AvgIpc) is 4.02. The van der Waals surface area contributed by atoms with Gasteiger partial charge in [-0.3, -0.25) is 4.57 Å². The van der Waals surface area contributed by atoms with Gasteiger partial charge in [0.2, 0.25) is 5.95 Å². The van der Waals surface area contributed by atoms with Crippen molar-refractivity contribution in [3.63, 3.8) is 0 Å². The SMILES string of the molecule is c1ccc(-c2cccc(-c3ccc4c(c3)oc3cc(-c5nc(-c6ccccc6)nc(-n6c7ccccc7c7ccc8c9ccccc9n(-c9ccccc9)c8c76)n5)ccc34)c2)cc1. The summed E-state index contributed by atoms with van der Waals surface area (Å²) in [6.07, 6.45) is 0. The van der Waals surface area contributed by atoms with E-state index in [0.29, 0.717) is 17.6 Å². The molecule has 0 saturated carbocycles. The molecule has 0 radical (unpaired) electrons. The molecule has 0 spiro atoms. The molecule has 0 unspecified atom stereocenters. The van der Waals surface area contributed by atoms with Gasteiger partial charge in [-0.25, -0.2) is 4.98 Å². The molecule has 13 rings (SSSR count). The Morgan fingerprint density at radius 3 is 1.43 bits per heavy atom. The van der Waals surface area contributed by atoms with E-state index in [9.17, 15) is 0 Å². The summed E-state index contributed by atoms with van der Waals surface area (Å²) in [4.78, 5) is 15.8. The molecule has 0 fully saturated rings. The number of nitrogens with zero attached hydrogens (tertiary/aromatic N) is 5. The van der Waals surface area contributed by atoms with Crippen molar-refractivity contribution < 1.29 is 4.42 Å². The van der Waals surface area contributed by atoms with Crippen molar-refractivity contribution in [2.45, 2.75) is 0 Å². The topological polar surface area (TPSA) is 61.7 Å². The van der Waals surface area contributed by atoms with E-state index in [0.717, 1.165) is 88.1 Å². The van der Waals surface area contributed by atoms with Crippen molar-refractivity contribution in [3.8, 4) is 56.7 Å². The van der Waals surface area contributed by atoms with Crippen LogP contribution in [0.5, 0.6) is 0 Å². The summed E-state index contributed by atoms with van der Waals surface area (Å²) in [6.45, 7) is 0. The summed E-state index contributed by atoms with van der Waals surface area (Å²) in [6, 6.07) is 74.4. The van der Waals surface area contributed by atoms with Crippen molar-refractivity contribution >= 4 is 65.6 Å². The Labute approximate surface area is 361 Å². The first-order valence-electron chi connectivity index (χ1n) is 21.2. The van der Waals surface area contributed by atoms with E-state index in [4.69, 9.17) is 19.4 Å². The lowest BCUT2D eigenvalue weighted by atomic mass is 9.98. The highest BCUT2D eigenvalue weighted by atomic mass is 16.3. The number of hydrogen-bond acceptors (Lipinski definition) is 4. The molecule has 294 valence electrons. The lowest BCUT2D eigenvalue weighted by molar-refractivity contribution is 0.669. The zero-order chi connectivity index (χ0) is 41.4. The largest absolute Gasteiger partial charge is 0.456 e. The van der Waals surface area contributed by atoms with E-state index in [1.54, 1.807) is 0 Å².